The van der Waals surface area contributed by atoms with Gasteiger partial charge in [0.2, 0.25) is 5.91 Å². The monoisotopic (exact) mass is 375 g/mol. The van der Waals surface area contributed by atoms with Gasteiger partial charge in [0.1, 0.15) is 0 Å². The quantitative estimate of drug-likeness (QED) is 0.447. The highest BCUT2D eigenvalue weighted by Gasteiger charge is 2.47. The molecule has 3 fully saturated rings. The lowest BCUT2D eigenvalue weighted by molar-refractivity contribution is -0.384. The van der Waals surface area contributed by atoms with Crippen LogP contribution in [0.1, 0.15) is 24.8 Å². The fraction of sp³-hybridized carbons (Fsp3) is 0.556. The second kappa shape index (κ2) is 6.66. The van der Waals surface area contributed by atoms with E-state index in [4.69, 9.17) is 9.47 Å². The minimum Gasteiger partial charge on any atom is -0.347 e. The number of hydrogen-bond donors (Lipinski definition) is 0. The molecule has 2 amide bonds. The van der Waals surface area contributed by atoms with Crippen molar-refractivity contribution < 1.29 is 24.0 Å². The Hall–Kier alpha value is -2.36. The zero-order valence-electron chi connectivity index (χ0n) is 15.1. The zero-order valence-corrected chi connectivity index (χ0v) is 15.1. The van der Waals surface area contributed by atoms with Gasteiger partial charge in [0.25, 0.3) is 11.6 Å². The van der Waals surface area contributed by atoms with Gasteiger partial charge >= 0.3 is 0 Å². The Labute approximate surface area is 156 Å². The van der Waals surface area contributed by atoms with Crippen LogP contribution in [-0.4, -0.2) is 59.8 Å². The Balaban J connectivity index is 1.50. The summed E-state index contributed by atoms with van der Waals surface area (Å²) in [5, 5.41) is 10.9. The Morgan fingerprint density at radius 2 is 1.85 bits per heavy atom. The third kappa shape index (κ3) is 3.11. The molecule has 1 spiro atoms. The molecule has 0 aliphatic carbocycles. The molecule has 144 valence electrons. The molecular formula is C18H21N3O6. The van der Waals surface area contributed by atoms with Gasteiger partial charge in [-0.3, -0.25) is 24.6 Å². The van der Waals surface area contributed by atoms with Crippen LogP contribution in [0, 0.1) is 17.0 Å². The third-order valence-electron chi connectivity index (χ3n) is 5.57. The van der Waals surface area contributed by atoms with E-state index in [1.54, 1.807) is 6.92 Å². The van der Waals surface area contributed by atoms with E-state index in [-0.39, 0.29) is 23.9 Å². The Bertz CT molecular complexity index is 794. The van der Waals surface area contributed by atoms with Crippen LogP contribution in [-0.2, 0) is 19.1 Å². The molecule has 0 saturated carbocycles. The number of nitrogens with zero attached hydrogens (tertiary/aromatic N) is 3. The third-order valence-corrected chi connectivity index (χ3v) is 5.57. The maximum absolute atomic E-state index is 13.0. The second-order valence-corrected chi connectivity index (χ2v) is 7.16. The van der Waals surface area contributed by atoms with Crippen molar-refractivity contribution in [1.82, 2.24) is 4.90 Å². The van der Waals surface area contributed by atoms with E-state index >= 15 is 0 Å². The van der Waals surface area contributed by atoms with E-state index in [0.717, 1.165) is 4.90 Å². The molecule has 0 radical (unpaired) electrons. The molecule has 4 rings (SSSR count). The topological polar surface area (TPSA) is 102 Å². The number of non-ortho nitro benzene ring substituents is 1. The number of imide groups is 1. The maximum atomic E-state index is 13.0. The van der Waals surface area contributed by atoms with Crippen molar-refractivity contribution in [2.75, 3.05) is 31.2 Å². The zero-order chi connectivity index (χ0) is 19.2. The number of carbonyl (C=O) groups excluding carboxylic acids is 2. The SMILES string of the molecule is Cc1cc([N+](=O)[O-])ccc1N1C(=O)CC(N2CCC3(CC2)OCCO3)C1=O. The van der Waals surface area contributed by atoms with E-state index < -0.39 is 16.8 Å². The molecule has 0 aromatic heterocycles. The first-order chi connectivity index (χ1) is 12.9. The van der Waals surface area contributed by atoms with Crippen LogP contribution in [0.15, 0.2) is 18.2 Å². The van der Waals surface area contributed by atoms with Crippen molar-refractivity contribution >= 4 is 23.2 Å². The summed E-state index contributed by atoms with van der Waals surface area (Å²) < 4.78 is 11.4. The smallest absolute Gasteiger partial charge is 0.269 e. The minimum absolute atomic E-state index is 0.0650. The molecule has 0 bridgehead atoms. The van der Waals surface area contributed by atoms with Crippen molar-refractivity contribution in [2.24, 2.45) is 0 Å². The Morgan fingerprint density at radius 1 is 1.19 bits per heavy atom. The number of amides is 2. The van der Waals surface area contributed by atoms with Crippen LogP contribution in [0.3, 0.4) is 0 Å². The summed E-state index contributed by atoms with van der Waals surface area (Å²) in [6.45, 7) is 4.09. The average molecular weight is 375 g/mol. The van der Waals surface area contributed by atoms with Crippen LogP contribution in [0.25, 0.3) is 0 Å². The number of rotatable bonds is 3. The first-order valence-corrected chi connectivity index (χ1v) is 9.04. The summed E-state index contributed by atoms with van der Waals surface area (Å²) in [5.74, 6) is -1.09. The summed E-state index contributed by atoms with van der Waals surface area (Å²) >= 11 is 0. The highest BCUT2D eigenvalue weighted by molar-refractivity contribution is 6.22. The van der Waals surface area contributed by atoms with Crippen molar-refractivity contribution in [1.29, 1.82) is 0 Å². The van der Waals surface area contributed by atoms with Gasteiger partial charge in [-0.25, -0.2) is 4.90 Å². The van der Waals surface area contributed by atoms with Crippen molar-refractivity contribution in [3.8, 4) is 0 Å². The molecule has 0 N–H and O–H groups in total. The van der Waals surface area contributed by atoms with Gasteiger partial charge in [0.05, 0.1) is 36.3 Å². The Kier molecular flexibility index (Phi) is 4.45. The van der Waals surface area contributed by atoms with E-state index in [0.29, 0.717) is 50.4 Å². The number of carbonyl (C=O) groups is 2. The molecule has 9 nitrogen and oxygen atoms in total. The van der Waals surface area contributed by atoms with E-state index in [1.807, 2.05) is 4.90 Å². The number of nitro benzene ring substituents is 1. The largest absolute Gasteiger partial charge is 0.347 e. The number of piperidine rings is 1. The van der Waals surface area contributed by atoms with Crippen LogP contribution in [0.4, 0.5) is 11.4 Å². The normalized spacial score (nSPS) is 25.5. The summed E-state index contributed by atoms with van der Waals surface area (Å²) in [4.78, 5) is 39.1. The molecule has 3 aliphatic rings. The van der Waals surface area contributed by atoms with Crippen LogP contribution in [0.5, 0.6) is 0 Å². The number of hydrogen-bond acceptors (Lipinski definition) is 7. The van der Waals surface area contributed by atoms with Gasteiger partial charge in [-0.05, 0) is 18.6 Å². The molecule has 1 atom stereocenters. The molecule has 9 heteroatoms. The lowest BCUT2D eigenvalue weighted by Crippen LogP contribution is -2.51. The molecule has 3 aliphatic heterocycles. The summed E-state index contributed by atoms with van der Waals surface area (Å²) in [6, 6.07) is 3.65. The molecule has 1 aromatic carbocycles. The van der Waals surface area contributed by atoms with Gasteiger partial charge in [0, 0.05) is 38.1 Å². The highest BCUT2D eigenvalue weighted by Crippen LogP contribution is 2.35. The molecule has 1 aromatic rings. The number of nitro groups is 1. The number of anilines is 1. The average Bonchev–Trinajstić information content (AvgIpc) is 3.21. The van der Waals surface area contributed by atoms with Gasteiger partial charge in [-0.15, -0.1) is 0 Å². The number of benzene rings is 1. The van der Waals surface area contributed by atoms with Gasteiger partial charge in [0.15, 0.2) is 5.79 Å². The summed E-state index contributed by atoms with van der Waals surface area (Å²) in [5.41, 5.74) is 0.871. The van der Waals surface area contributed by atoms with Crippen LogP contribution < -0.4 is 4.90 Å². The van der Waals surface area contributed by atoms with E-state index in [2.05, 4.69) is 0 Å². The number of likely N-dealkylation sites (tertiary alicyclic amines) is 1. The summed E-state index contributed by atoms with van der Waals surface area (Å²) in [7, 11) is 0. The predicted octanol–water partition coefficient (Wildman–Crippen LogP) is 1.37. The fourth-order valence-electron chi connectivity index (χ4n) is 4.12. The van der Waals surface area contributed by atoms with E-state index in [9.17, 15) is 19.7 Å². The van der Waals surface area contributed by atoms with Crippen LogP contribution >= 0.6 is 0 Å². The lowest BCUT2D eigenvalue weighted by Gasteiger charge is -2.39. The molecular weight excluding hydrogens is 354 g/mol. The minimum atomic E-state index is -0.531. The molecule has 1 unspecified atom stereocenters. The Morgan fingerprint density at radius 3 is 2.44 bits per heavy atom. The highest BCUT2D eigenvalue weighted by atomic mass is 16.7. The second-order valence-electron chi connectivity index (χ2n) is 7.16. The first-order valence-electron chi connectivity index (χ1n) is 9.04. The van der Waals surface area contributed by atoms with Gasteiger partial charge < -0.3 is 9.47 Å². The predicted molar refractivity (Wildman–Crippen MR) is 94.2 cm³/mol. The number of ether oxygens (including phenoxy) is 2. The van der Waals surface area contributed by atoms with Gasteiger partial charge in [-0.1, -0.05) is 0 Å². The molecule has 3 heterocycles. The fourth-order valence-corrected chi connectivity index (χ4v) is 4.12. The molecule has 3 saturated heterocycles. The standard InChI is InChI=1S/C18H21N3O6/c1-12-10-13(21(24)25)2-3-14(12)20-16(22)11-15(17(20)23)19-6-4-18(5-7-19)26-8-9-27-18/h2-3,10,15H,4-9,11H2,1H3. The number of aryl methyl sites for hydroxylation is 1. The van der Waals surface area contributed by atoms with Crippen LogP contribution in [0.2, 0.25) is 0 Å². The summed E-state index contributed by atoms with van der Waals surface area (Å²) in [6.07, 6.45) is 1.45. The van der Waals surface area contributed by atoms with E-state index in [1.165, 1.54) is 18.2 Å². The lowest BCUT2D eigenvalue weighted by atomic mass is 10.0. The molecule has 27 heavy (non-hydrogen) atoms. The maximum Gasteiger partial charge on any atom is 0.269 e. The first kappa shape index (κ1) is 18.0. The van der Waals surface area contributed by atoms with Crippen molar-refractivity contribution in [2.45, 2.75) is 38.0 Å². The van der Waals surface area contributed by atoms with Gasteiger partial charge in [-0.2, -0.15) is 0 Å². The van der Waals surface area contributed by atoms with Crippen molar-refractivity contribution in [3.05, 3.63) is 33.9 Å². The van der Waals surface area contributed by atoms with Crippen molar-refractivity contribution in [3.63, 3.8) is 0 Å².